The van der Waals surface area contributed by atoms with Crippen LogP contribution in [0.2, 0.25) is 0 Å². The van der Waals surface area contributed by atoms with Crippen molar-refractivity contribution in [2.45, 2.75) is 12.5 Å². The summed E-state index contributed by atoms with van der Waals surface area (Å²) in [5, 5.41) is 3.04. The lowest BCUT2D eigenvalue weighted by Gasteiger charge is -2.13. The highest BCUT2D eigenvalue weighted by molar-refractivity contribution is 9.10. The molecule has 88 valence electrons. The molecule has 0 amide bonds. The van der Waals surface area contributed by atoms with Gasteiger partial charge in [0.05, 0.1) is 17.2 Å². The van der Waals surface area contributed by atoms with Crippen LogP contribution in [0.4, 0.5) is 10.1 Å². The molecule has 2 rings (SSSR count). The van der Waals surface area contributed by atoms with Gasteiger partial charge in [0.2, 0.25) is 0 Å². The standard InChI is InChI=1S/C10H11BrFNO2S/c11-9-2-1-7(12)5-10(9)13-8-3-4-16(14,15)6-8/h1-2,5,8,13H,3-4,6H2. The summed E-state index contributed by atoms with van der Waals surface area (Å²) in [4.78, 5) is 0. The number of rotatable bonds is 2. The number of hydrogen-bond donors (Lipinski definition) is 1. The largest absolute Gasteiger partial charge is 0.380 e. The van der Waals surface area contributed by atoms with Crippen LogP contribution in [0.25, 0.3) is 0 Å². The van der Waals surface area contributed by atoms with Crippen LogP contribution in [0.1, 0.15) is 6.42 Å². The second kappa shape index (κ2) is 4.33. The SMILES string of the molecule is O=S1(=O)CCC(Nc2cc(F)ccc2Br)C1. The molecule has 1 fully saturated rings. The van der Waals surface area contributed by atoms with Crippen LogP contribution in [0, 0.1) is 5.82 Å². The third-order valence-electron chi connectivity index (χ3n) is 2.52. The van der Waals surface area contributed by atoms with Crippen LogP contribution in [-0.2, 0) is 9.84 Å². The van der Waals surface area contributed by atoms with Crippen molar-refractivity contribution in [3.05, 3.63) is 28.5 Å². The van der Waals surface area contributed by atoms with Crippen molar-refractivity contribution in [1.29, 1.82) is 0 Å². The van der Waals surface area contributed by atoms with Crippen molar-refractivity contribution >= 4 is 31.5 Å². The van der Waals surface area contributed by atoms with E-state index in [4.69, 9.17) is 0 Å². The van der Waals surface area contributed by atoms with Crippen LogP contribution in [-0.4, -0.2) is 26.0 Å². The summed E-state index contributed by atoms with van der Waals surface area (Å²) in [6.07, 6.45) is 0.575. The number of nitrogens with one attached hydrogen (secondary N) is 1. The molecule has 1 aromatic rings. The lowest BCUT2D eigenvalue weighted by atomic mass is 10.2. The topological polar surface area (TPSA) is 46.2 Å². The Morgan fingerprint density at radius 2 is 2.19 bits per heavy atom. The minimum absolute atomic E-state index is 0.121. The Morgan fingerprint density at radius 1 is 1.44 bits per heavy atom. The fourth-order valence-corrected chi connectivity index (χ4v) is 3.77. The lowest BCUT2D eigenvalue weighted by Crippen LogP contribution is -2.20. The van der Waals surface area contributed by atoms with Gasteiger partial charge in [-0.15, -0.1) is 0 Å². The third kappa shape index (κ3) is 2.74. The highest BCUT2D eigenvalue weighted by Crippen LogP contribution is 2.26. The molecule has 1 aliphatic heterocycles. The van der Waals surface area contributed by atoms with Crippen molar-refractivity contribution in [1.82, 2.24) is 0 Å². The molecular formula is C10H11BrFNO2S. The average molecular weight is 308 g/mol. The minimum atomic E-state index is -2.91. The first kappa shape index (κ1) is 11.9. The van der Waals surface area contributed by atoms with Gasteiger partial charge in [-0.3, -0.25) is 0 Å². The van der Waals surface area contributed by atoms with Crippen LogP contribution in [0.15, 0.2) is 22.7 Å². The number of hydrogen-bond acceptors (Lipinski definition) is 3. The summed E-state index contributed by atoms with van der Waals surface area (Å²) in [5.41, 5.74) is 0.599. The smallest absolute Gasteiger partial charge is 0.152 e. The number of sulfone groups is 1. The molecule has 1 unspecified atom stereocenters. The maximum Gasteiger partial charge on any atom is 0.152 e. The van der Waals surface area contributed by atoms with E-state index < -0.39 is 9.84 Å². The van der Waals surface area contributed by atoms with Crippen molar-refractivity contribution < 1.29 is 12.8 Å². The molecule has 1 N–H and O–H groups in total. The van der Waals surface area contributed by atoms with E-state index in [1.807, 2.05) is 0 Å². The normalized spacial score (nSPS) is 23.2. The van der Waals surface area contributed by atoms with E-state index in [-0.39, 0.29) is 23.4 Å². The van der Waals surface area contributed by atoms with E-state index in [0.29, 0.717) is 12.1 Å². The molecule has 0 spiro atoms. The van der Waals surface area contributed by atoms with Gasteiger partial charge in [0.25, 0.3) is 0 Å². The maximum absolute atomic E-state index is 13.0. The highest BCUT2D eigenvalue weighted by atomic mass is 79.9. The van der Waals surface area contributed by atoms with E-state index >= 15 is 0 Å². The molecule has 3 nitrogen and oxygen atoms in total. The van der Waals surface area contributed by atoms with Crippen molar-refractivity contribution in [3.63, 3.8) is 0 Å². The fraction of sp³-hybridized carbons (Fsp3) is 0.400. The van der Waals surface area contributed by atoms with Gasteiger partial charge < -0.3 is 5.32 Å². The van der Waals surface area contributed by atoms with Crippen LogP contribution >= 0.6 is 15.9 Å². The van der Waals surface area contributed by atoms with Crippen molar-refractivity contribution in [2.75, 3.05) is 16.8 Å². The van der Waals surface area contributed by atoms with Crippen molar-refractivity contribution in [3.8, 4) is 0 Å². The van der Waals surface area contributed by atoms with E-state index in [0.717, 1.165) is 4.47 Å². The Bertz CT molecular complexity index is 504. The molecule has 0 aromatic heterocycles. The second-order valence-electron chi connectivity index (χ2n) is 3.87. The predicted octanol–water partition coefficient (Wildman–Crippen LogP) is 2.19. The average Bonchev–Trinajstić information content (AvgIpc) is 2.52. The summed E-state index contributed by atoms with van der Waals surface area (Å²) in [7, 11) is -2.91. The first-order valence-corrected chi connectivity index (χ1v) is 7.50. The first-order chi connectivity index (χ1) is 7.46. The third-order valence-corrected chi connectivity index (χ3v) is 4.98. The molecule has 0 bridgehead atoms. The van der Waals surface area contributed by atoms with Gasteiger partial charge in [-0.25, -0.2) is 12.8 Å². The Morgan fingerprint density at radius 3 is 2.81 bits per heavy atom. The van der Waals surface area contributed by atoms with Gasteiger partial charge in [-0.05, 0) is 40.5 Å². The number of anilines is 1. The van der Waals surface area contributed by atoms with Gasteiger partial charge in [0.1, 0.15) is 5.82 Å². The summed E-state index contributed by atoms with van der Waals surface area (Å²) in [6, 6.07) is 4.18. The summed E-state index contributed by atoms with van der Waals surface area (Å²) in [5.74, 6) is -0.0142. The zero-order valence-corrected chi connectivity index (χ0v) is 10.8. The quantitative estimate of drug-likeness (QED) is 0.911. The molecule has 16 heavy (non-hydrogen) atoms. The molecule has 1 saturated heterocycles. The monoisotopic (exact) mass is 307 g/mol. The molecule has 0 saturated carbocycles. The molecule has 1 heterocycles. The second-order valence-corrected chi connectivity index (χ2v) is 6.95. The van der Waals surface area contributed by atoms with Crippen LogP contribution in [0.3, 0.4) is 0 Å². The Hall–Kier alpha value is -0.620. The Kier molecular flexibility index (Phi) is 3.21. The Labute approximate surface area is 102 Å². The zero-order chi connectivity index (χ0) is 11.8. The first-order valence-electron chi connectivity index (χ1n) is 4.88. The molecule has 1 aliphatic rings. The Balaban J connectivity index is 2.13. The predicted molar refractivity (Wildman–Crippen MR) is 64.8 cm³/mol. The number of benzene rings is 1. The summed E-state index contributed by atoms with van der Waals surface area (Å²) >= 11 is 3.29. The minimum Gasteiger partial charge on any atom is -0.380 e. The van der Waals surface area contributed by atoms with Crippen molar-refractivity contribution in [2.24, 2.45) is 0 Å². The molecule has 1 aromatic carbocycles. The summed E-state index contributed by atoms with van der Waals surface area (Å²) < 4.78 is 36.2. The van der Waals surface area contributed by atoms with E-state index in [2.05, 4.69) is 21.2 Å². The fourth-order valence-electron chi connectivity index (χ4n) is 1.74. The molecular weight excluding hydrogens is 297 g/mol. The zero-order valence-electron chi connectivity index (χ0n) is 8.41. The lowest BCUT2D eigenvalue weighted by molar-refractivity contribution is 0.602. The summed E-state index contributed by atoms with van der Waals surface area (Å²) in [6.45, 7) is 0. The molecule has 6 heteroatoms. The van der Waals surface area contributed by atoms with E-state index in [1.165, 1.54) is 12.1 Å². The van der Waals surface area contributed by atoms with Crippen LogP contribution in [0.5, 0.6) is 0 Å². The molecule has 0 radical (unpaired) electrons. The van der Waals surface area contributed by atoms with Gasteiger partial charge in [0, 0.05) is 10.5 Å². The number of halogens is 2. The van der Waals surface area contributed by atoms with Gasteiger partial charge in [-0.2, -0.15) is 0 Å². The van der Waals surface area contributed by atoms with Gasteiger partial charge in [0.15, 0.2) is 9.84 Å². The van der Waals surface area contributed by atoms with E-state index in [9.17, 15) is 12.8 Å². The maximum atomic E-state index is 13.0. The van der Waals surface area contributed by atoms with Gasteiger partial charge >= 0.3 is 0 Å². The highest BCUT2D eigenvalue weighted by Gasteiger charge is 2.27. The van der Waals surface area contributed by atoms with Gasteiger partial charge in [-0.1, -0.05) is 0 Å². The van der Waals surface area contributed by atoms with E-state index in [1.54, 1.807) is 6.07 Å². The molecule has 1 atom stereocenters. The molecule has 0 aliphatic carbocycles. The van der Waals surface area contributed by atoms with Crippen LogP contribution < -0.4 is 5.32 Å².